The number of ether oxygens (including phenoxy) is 4. The molecule has 0 fully saturated rings. The topological polar surface area (TPSA) is 108 Å². The van der Waals surface area contributed by atoms with Gasteiger partial charge in [-0.25, -0.2) is 4.79 Å². The molecule has 0 aliphatic carbocycles. The lowest BCUT2D eigenvalue weighted by molar-refractivity contribution is -0.148. The Labute approximate surface area is 252 Å². The molecule has 0 aromatic heterocycles. The summed E-state index contributed by atoms with van der Waals surface area (Å²) in [6.07, 6.45) is 11.4. The van der Waals surface area contributed by atoms with Crippen molar-refractivity contribution >= 4 is 17.9 Å². The van der Waals surface area contributed by atoms with Gasteiger partial charge in [0.05, 0.1) is 13.2 Å². The van der Waals surface area contributed by atoms with Gasteiger partial charge in [-0.05, 0) is 71.8 Å². The van der Waals surface area contributed by atoms with Gasteiger partial charge >= 0.3 is 17.9 Å². The molecule has 1 aromatic carbocycles. The van der Waals surface area contributed by atoms with Crippen molar-refractivity contribution in [2.24, 2.45) is 5.92 Å². The van der Waals surface area contributed by atoms with E-state index in [0.29, 0.717) is 42.1 Å². The summed E-state index contributed by atoms with van der Waals surface area (Å²) < 4.78 is 21.2. The fourth-order valence-electron chi connectivity index (χ4n) is 5.30. The number of hydrogen-bond donors (Lipinski definition) is 1. The molecule has 1 N–H and O–H groups in total. The Hall–Kier alpha value is -3.03. The van der Waals surface area contributed by atoms with Crippen LogP contribution in [0.1, 0.15) is 118 Å². The largest absolute Gasteiger partial charge is 0.507 e. The second-order valence-corrected chi connectivity index (χ2v) is 11.6. The Bertz CT molecular complexity index is 1090. The molecule has 8 nitrogen and oxygen atoms in total. The predicted molar refractivity (Wildman–Crippen MR) is 162 cm³/mol. The zero-order valence-corrected chi connectivity index (χ0v) is 26.2. The van der Waals surface area contributed by atoms with E-state index in [2.05, 4.69) is 20.8 Å². The molecule has 0 saturated heterocycles. The van der Waals surface area contributed by atoms with Crippen LogP contribution in [0.25, 0.3) is 0 Å². The van der Waals surface area contributed by atoms with E-state index >= 15 is 0 Å². The third-order valence-electron chi connectivity index (χ3n) is 7.73. The summed E-state index contributed by atoms with van der Waals surface area (Å²) >= 11 is 0. The van der Waals surface area contributed by atoms with Gasteiger partial charge in [-0.2, -0.15) is 0 Å². The fourth-order valence-corrected chi connectivity index (χ4v) is 5.30. The van der Waals surface area contributed by atoms with Crippen LogP contribution in [-0.4, -0.2) is 42.3 Å². The molecule has 234 valence electrons. The zero-order chi connectivity index (χ0) is 31.2. The highest BCUT2D eigenvalue weighted by atomic mass is 16.5. The standard InChI is InChI=1S/C34H50O8/c1-22(2)41-30(36)20-24(4)14-12-10-8-9-11-13-15-25(5)42-29(35)19-17-23(3)16-18-27-32(37)31-28(21-40-34(31)38)26(6)33(27)39-7/h16,22,24-25,37H,1-2,8-15,17-21H2,3-7H3/b23-16+. The van der Waals surface area contributed by atoms with Gasteiger partial charge < -0.3 is 24.1 Å². The van der Waals surface area contributed by atoms with Crippen LogP contribution < -0.4 is 4.74 Å². The van der Waals surface area contributed by atoms with Gasteiger partial charge in [0, 0.05) is 24.0 Å². The quantitative estimate of drug-likeness (QED) is 0.0778. The fraction of sp³-hybridized carbons (Fsp3) is 0.618. The maximum atomic E-state index is 12.4. The molecule has 0 bridgehead atoms. The third-order valence-corrected chi connectivity index (χ3v) is 7.73. The Balaban J connectivity index is 1.62. The first-order valence-corrected chi connectivity index (χ1v) is 15.2. The highest BCUT2D eigenvalue weighted by Crippen LogP contribution is 2.42. The first kappa shape index (κ1) is 35.2. The predicted octanol–water partition coefficient (Wildman–Crippen LogP) is 7.31. The summed E-state index contributed by atoms with van der Waals surface area (Å²) in [5.74, 6) is -0.206. The summed E-state index contributed by atoms with van der Waals surface area (Å²) in [5.41, 5.74) is 3.20. The smallest absolute Gasteiger partial charge is 0.342 e. The number of methoxy groups -OCH3 is 1. The van der Waals surface area contributed by atoms with E-state index in [9.17, 15) is 19.5 Å². The molecule has 1 aliphatic rings. The van der Waals surface area contributed by atoms with Crippen LogP contribution in [0.4, 0.5) is 0 Å². The summed E-state index contributed by atoms with van der Waals surface area (Å²) in [7, 11) is 1.54. The number of unbranched alkanes of at least 4 members (excludes halogenated alkanes) is 5. The van der Waals surface area contributed by atoms with E-state index in [1.807, 2.05) is 26.8 Å². The van der Waals surface area contributed by atoms with Gasteiger partial charge in [0.25, 0.3) is 0 Å². The Morgan fingerprint density at radius 3 is 2.29 bits per heavy atom. The van der Waals surface area contributed by atoms with Crippen molar-refractivity contribution in [1.82, 2.24) is 0 Å². The van der Waals surface area contributed by atoms with Crippen molar-refractivity contribution in [2.75, 3.05) is 7.11 Å². The van der Waals surface area contributed by atoms with Gasteiger partial charge in [-0.15, -0.1) is 0 Å². The third kappa shape index (κ3) is 11.3. The summed E-state index contributed by atoms with van der Waals surface area (Å²) in [6, 6.07) is 0. The number of phenols is 1. The van der Waals surface area contributed by atoms with Crippen LogP contribution in [0, 0.1) is 26.7 Å². The lowest BCUT2D eigenvalue weighted by Gasteiger charge is -2.16. The normalized spacial score (nSPS) is 14.4. The average Bonchev–Trinajstić information content (AvgIpc) is 3.31. The molecule has 1 aliphatic heterocycles. The summed E-state index contributed by atoms with van der Waals surface area (Å²) in [4.78, 5) is 36.1. The second-order valence-electron chi connectivity index (χ2n) is 11.6. The number of benzene rings is 1. The number of carbonyl (C=O) groups excluding carboxylic acids is 3. The SMILES string of the molecule is [CH2]C([CH2])OC(=O)CC(C)CCCCCCCCC(C)OC(=O)CC/C(C)=C/Cc1c(O)c2c(c(C)c1OC)COC2=O. The first-order valence-electron chi connectivity index (χ1n) is 15.2. The van der Waals surface area contributed by atoms with E-state index in [-0.39, 0.29) is 42.4 Å². The average molecular weight is 587 g/mol. The maximum Gasteiger partial charge on any atom is 0.342 e. The molecule has 42 heavy (non-hydrogen) atoms. The Kier molecular flexibility index (Phi) is 14.9. The van der Waals surface area contributed by atoms with Crippen molar-refractivity contribution in [3.05, 3.63) is 47.8 Å². The molecule has 8 heteroatoms. The van der Waals surface area contributed by atoms with Crippen molar-refractivity contribution in [3.63, 3.8) is 0 Å². The van der Waals surface area contributed by atoms with E-state index in [1.165, 1.54) is 0 Å². The monoisotopic (exact) mass is 586 g/mol. The molecule has 2 radical (unpaired) electrons. The van der Waals surface area contributed by atoms with Crippen molar-refractivity contribution in [1.29, 1.82) is 0 Å². The number of carbonyl (C=O) groups is 3. The van der Waals surface area contributed by atoms with Gasteiger partial charge in [-0.3, -0.25) is 9.59 Å². The molecule has 1 heterocycles. The molecular formula is C34H50O8. The summed E-state index contributed by atoms with van der Waals surface area (Å²) in [5, 5.41) is 10.8. The Morgan fingerprint density at radius 2 is 1.64 bits per heavy atom. The van der Waals surface area contributed by atoms with E-state index < -0.39 is 12.1 Å². The van der Waals surface area contributed by atoms with Gasteiger partial charge in [0.2, 0.25) is 0 Å². The first-order chi connectivity index (χ1) is 19.9. The number of phenolic OH excluding ortho intramolecular Hbond substituents is 1. The number of cyclic esters (lactones) is 1. The van der Waals surface area contributed by atoms with Crippen LogP contribution in [0.5, 0.6) is 11.5 Å². The van der Waals surface area contributed by atoms with Gasteiger partial charge in [-0.1, -0.05) is 57.1 Å². The molecule has 0 saturated carbocycles. The molecule has 2 atom stereocenters. The van der Waals surface area contributed by atoms with E-state index in [4.69, 9.17) is 18.9 Å². The minimum atomic E-state index is -0.549. The molecule has 2 rings (SSSR count). The maximum absolute atomic E-state index is 12.4. The second kappa shape index (κ2) is 17.8. The number of hydrogen-bond acceptors (Lipinski definition) is 8. The number of fused-ring (bicyclic) bond motifs is 1. The van der Waals surface area contributed by atoms with Crippen LogP contribution in [-0.2, 0) is 36.8 Å². The van der Waals surface area contributed by atoms with E-state index in [1.54, 1.807) is 7.11 Å². The van der Waals surface area contributed by atoms with Gasteiger partial charge in [0.15, 0.2) is 0 Å². The number of aromatic hydroxyl groups is 1. The highest BCUT2D eigenvalue weighted by molar-refractivity contribution is 5.98. The van der Waals surface area contributed by atoms with Crippen LogP contribution in [0.3, 0.4) is 0 Å². The summed E-state index contributed by atoms with van der Waals surface area (Å²) in [6.45, 7) is 15.1. The highest BCUT2D eigenvalue weighted by Gasteiger charge is 2.31. The molecular weight excluding hydrogens is 536 g/mol. The van der Waals surface area contributed by atoms with Crippen molar-refractivity contribution < 1.29 is 38.4 Å². The van der Waals surface area contributed by atoms with Crippen molar-refractivity contribution in [3.8, 4) is 11.5 Å². The lowest BCUT2D eigenvalue weighted by Crippen LogP contribution is -2.14. The minimum Gasteiger partial charge on any atom is -0.507 e. The number of rotatable bonds is 19. The van der Waals surface area contributed by atoms with Crippen molar-refractivity contribution in [2.45, 2.75) is 124 Å². The minimum absolute atomic E-state index is 0.0983. The molecule has 1 aromatic rings. The molecule has 0 spiro atoms. The van der Waals surface area contributed by atoms with Gasteiger partial charge in [0.1, 0.15) is 29.8 Å². The van der Waals surface area contributed by atoms with E-state index in [0.717, 1.165) is 62.5 Å². The number of allylic oxidation sites excluding steroid dienone is 2. The van der Waals surface area contributed by atoms with Crippen LogP contribution in [0.15, 0.2) is 11.6 Å². The number of esters is 3. The lowest BCUT2D eigenvalue weighted by atomic mass is 9.94. The molecule has 0 amide bonds. The molecule has 2 unspecified atom stereocenters. The Morgan fingerprint density at radius 1 is 1.00 bits per heavy atom. The van der Waals surface area contributed by atoms with Crippen LogP contribution >= 0.6 is 0 Å². The zero-order valence-electron chi connectivity index (χ0n) is 26.2. The van der Waals surface area contributed by atoms with Crippen LogP contribution in [0.2, 0.25) is 0 Å².